The Morgan fingerprint density at radius 1 is 1.56 bits per heavy atom. The molecule has 2 N–H and O–H groups in total. The highest BCUT2D eigenvalue weighted by Gasteiger charge is 2.35. The van der Waals surface area contributed by atoms with Crippen LogP contribution in [0, 0.1) is 0 Å². The number of sulfonamides is 1. The minimum absolute atomic E-state index is 0.00248. The van der Waals surface area contributed by atoms with Gasteiger partial charge in [0.05, 0.1) is 0 Å². The summed E-state index contributed by atoms with van der Waals surface area (Å²) in [5.74, 6) is 0. The standard InChI is InChI=1S/C10H17ClN4O2S/c1-7-5-8(12)3-4-15(7)18(16,17)9-6-14(2)10(11)13-9/h6-8H,3-5,12H2,1-2H3/t7-,8+/m0/s1. The molecule has 0 radical (unpaired) electrons. The number of aryl methyl sites for hydroxylation is 1. The molecule has 1 aliphatic rings. The molecule has 102 valence electrons. The van der Waals surface area contributed by atoms with Gasteiger partial charge in [0.25, 0.3) is 10.0 Å². The van der Waals surface area contributed by atoms with E-state index < -0.39 is 10.0 Å². The molecule has 2 atom stereocenters. The van der Waals surface area contributed by atoms with Crippen LogP contribution >= 0.6 is 11.6 Å². The zero-order chi connectivity index (χ0) is 13.5. The van der Waals surface area contributed by atoms with Crippen molar-refractivity contribution in [1.82, 2.24) is 13.9 Å². The number of aromatic nitrogens is 2. The quantitative estimate of drug-likeness (QED) is 0.864. The maximum absolute atomic E-state index is 12.4. The van der Waals surface area contributed by atoms with Gasteiger partial charge in [0.2, 0.25) is 5.28 Å². The van der Waals surface area contributed by atoms with Crippen LogP contribution in [0.1, 0.15) is 19.8 Å². The molecular weight excluding hydrogens is 276 g/mol. The second-order valence-electron chi connectivity index (χ2n) is 4.71. The number of rotatable bonds is 2. The van der Waals surface area contributed by atoms with Crippen LogP contribution in [0.2, 0.25) is 5.28 Å². The average Bonchev–Trinajstić information content (AvgIpc) is 2.59. The minimum atomic E-state index is -3.57. The topological polar surface area (TPSA) is 81.2 Å². The first-order valence-electron chi connectivity index (χ1n) is 5.78. The molecule has 0 spiro atoms. The number of hydrogen-bond donors (Lipinski definition) is 1. The van der Waals surface area contributed by atoms with Gasteiger partial charge in [-0.3, -0.25) is 0 Å². The molecule has 6 nitrogen and oxygen atoms in total. The van der Waals surface area contributed by atoms with Crippen molar-refractivity contribution in [2.24, 2.45) is 12.8 Å². The fourth-order valence-corrected chi connectivity index (χ4v) is 4.04. The highest BCUT2D eigenvalue weighted by molar-refractivity contribution is 7.89. The van der Waals surface area contributed by atoms with Crippen LogP contribution in [0.15, 0.2) is 11.2 Å². The zero-order valence-electron chi connectivity index (χ0n) is 10.4. The van der Waals surface area contributed by atoms with Crippen molar-refractivity contribution in [3.8, 4) is 0 Å². The third-order valence-corrected chi connectivity index (χ3v) is 5.46. The van der Waals surface area contributed by atoms with Gasteiger partial charge in [0.1, 0.15) is 0 Å². The summed E-state index contributed by atoms with van der Waals surface area (Å²) in [5, 5.41) is 0.160. The van der Waals surface area contributed by atoms with Gasteiger partial charge in [0.15, 0.2) is 5.03 Å². The summed E-state index contributed by atoms with van der Waals surface area (Å²) in [4.78, 5) is 3.88. The Morgan fingerprint density at radius 3 is 2.72 bits per heavy atom. The number of imidazole rings is 1. The predicted molar refractivity (Wildman–Crippen MR) is 68.8 cm³/mol. The number of piperidine rings is 1. The van der Waals surface area contributed by atoms with Crippen molar-refractivity contribution in [3.63, 3.8) is 0 Å². The highest BCUT2D eigenvalue weighted by Crippen LogP contribution is 2.24. The third-order valence-electron chi connectivity index (χ3n) is 3.23. The highest BCUT2D eigenvalue weighted by atomic mass is 35.5. The summed E-state index contributed by atoms with van der Waals surface area (Å²) in [5.41, 5.74) is 5.84. The molecule has 1 fully saturated rings. The lowest BCUT2D eigenvalue weighted by Gasteiger charge is -2.34. The number of nitrogens with zero attached hydrogens (tertiary/aromatic N) is 3. The second-order valence-corrected chi connectivity index (χ2v) is 6.88. The smallest absolute Gasteiger partial charge is 0.262 e. The van der Waals surface area contributed by atoms with E-state index in [1.165, 1.54) is 15.1 Å². The van der Waals surface area contributed by atoms with Gasteiger partial charge in [-0.25, -0.2) is 13.4 Å². The van der Waals surface area contributed by atoms with E-state index >= 15 is 0 Å². The minimum Gasteiger partial charge on any atom is -0.328 e. The largest absolute Gasteiger partial charge is 0.328 e. The monoisotopic (exact) mass is 292 g/mol. The van der Waals surface area contributed by atoms with Gasteiger partial charge in [-0.1, -0.05) is 0 Å². The Labute approximate surface area is 112 Å². The summed E-state index contributed by atoms with van der Waals surface area (Å²) in [6.07, 6.45) is 2.77. The summed E-state index contributed by atoms with van der Waals surface area (Å²) < 4.78 is 27.8. The third kappa shape index (κ3) is 2.40. The molecule has 2 rings (SSSR count). The van der Waals surface area contributed by atoms with Crippen molar-refractivity contribution in [3.05, 3.63) is 11.5 Å². The molecule has 0 aromatic carbocycles. The van der Waals surface area contributed by atoms with Crippen LogP contribution in [0.25, 0.3) is 0 Å². The SMILES string of the molecule is C[C@H]1C[C@H](N)CCN1S(=O)(=O)c1cn(C)c(Cl)n1. The molecule has 18 heavy (non-hydrogen) atoms. The van der Waals surface area contributed by atoms with Crippen LogP contribution < -0.4 is 5.73 Å². The first-order valence-corrected chi connectivity index (χ1v) is 7.60. The summed E-state index contributed by atoms with van der Waals surface area (Å²) >= 11 is 5.78. The van der Waals surface area contributed by atoms with Gasteiger partial charge < -0.3 is 10.3 Å². The molecule has 0 amide bonds. The molecule has 0 unspecified atom stereocenters. The normalized spacial score (nSPS) is 26.4. The van der Waals surface area contributed by atoms with E-state index in [1.54, 1.807) is 7.05 Å². The van der Waals surface area contributed by atoms with Gasteiger partial charge in [-0.2, -0.15) is 4.31 Å². The first-order chi connectivity index (χ1) is 8.32. The van der Waals surface area contributed by atoms with Crippen molar-refractivity contribution in [2.75, 3.05) is 6.54 Å². The van der Waals surface area contributed by atoms with E-state index in [4.69, 9.17) is 17.3 Å². The number of hydrogen-bond acceptors (Lipinski definition) is 4. The Morgan fingerprint density at radius 2 is 2.22 bits per heavy atom. The Hall–Kier alpha value is -0.630. The lowest BCUT2D eigenvalue weighted by atomic mass is 10.0. The molecule has 0 aliphatic carbocycles. The molecular formula is C10H17ClN4O2S. The van der Waals surface area contributed by atoms with Crippen molar-refractivity contribution >= 4 is 21.6 Å². The first kappa shape index (κ1) is 13.8. The van der Waals surface area contributed by atoms with Crippen LogP contribution in [-0.2, 0) is 17.1 Å². The maximum atomic E-state index is 12.4. The van der Waals surface area contributed by atoms with Crippen LogP contribution in [-0.4, -0.2) is 40.9 Å². The van der Waals surface area contributed by atoms with Crippen LogP contribution in [0.5, 0.6) is 0 Å². The van der Waals surface area contributed by atoms with Crippen LogP contribution in [0.4, 0.5) is 0 Å². The fourth-order valence-electron chi connectivity index (χ4n) is 2.21. The molecule has 0 bridgehead atoms. The Bertz CT molecular complexity index is 523. The lowest BCUT2D eigenvalue weighted by molar-refractivity contribution is 0.246. The predicted octanol–water partition coefficient (Wildman–Crippen LogP) is 0.574. The van der Waals surface area contributed by atoms with Crippen molar-refractivity contribution in [2.45, 2.75) is 36.9 Å². The molecule has 8 heteroatoms. The zero-order valence-corrected chi connectivity index (χ0v) is 11.9. The molecule has 2 heterocycles. The number of nitrogens with two attached hydrogens (primary N) is 1. The maximum Gasteiger partial charge on any atom is 0.262 e. The molecule has 1 aromatic heterocycles. The van der Waals surface area contributed by atoms with Crippen LogP contribution in [0.3, 0.4) is 0 Å². The molecule has 1 aliphatic heterocycles. The molecule has 0 saturated carbocycles. The molecule has 1 saturated heterocycles. The summed E-state index contributed by atoms with van der Waals surface area (Å²) in [7, 11) is -1.92. The summed E-state index contributed by atoms with van der Waals surface area (Å²) in [6, 6.07) is -0.0432. The Balaban J connectivity index is 2.31. The second kappa shape index (κ2) is 4.80. The van der Waals surface area contributed by atoms with Crippen molar-refractivity contribution < 1.29 is 8.42 Å². The van der Waals surface area contributed by atoms with E-state index in [1.807, 2.05) is 6.92 Å². The molecule has 1 aromatic rings. The van der Waals surface area contributed by atoms with Crippen molar-refractivity contribution in [1.29, 1.82) is 0 Å². The van der Waals surface area contributed by atoms with Gasteiger partial charge in [-0.15, -0.1) is 0 Å². The van der Waals surface area contributed by atoms with E-state index in [0.717, 1.165) is 0 Å². The average molecular weight is 293 g/mol. The lowest BCUT2D eigenvalue weighted by Crippen LogP contribution is -2.48. The number of halogens is 1. The van der Waals surface area contributed by atoms with E-state index in [9.17, 15) is 8.42 Å². The van der Waals surface area contributed by atoms with Gasteiger partial charge in [-0.05, 0) is 31.4 Å². The Kier molecular flexibility index (Phi) is 3.68. The summed E-state index contributed by atoms with van der Waals surface area (Å²) in [6.45, 7) is 2.29. The van der Waals surface area contributed by atoms with Gasteiger partial charge >= 0.3 is 0 Å². The van der Waals surface area contributed by atoms with E-state index in [0.29, 0.717) is 19.4 Å². The fraction of sp³-hybridized carbons (Fsp3) is 0.700. The van der Waals surface area contributed by atoms with E-state index in [-0.39, 0.29) is 22.4 Å². The van der Waals surface area contributed by atoms with Gasteiger partial charge in [0, 0.05) is 31.9 Å². The van der Waals surface area contributed by atoms with E-state index in [2.05, 4.69) is 4.98 Å².